The molecular formula is C28H23Cl3N2O3S. The van der Waals surface area contributed by atoms with E-state index in [1.54, 1.807) is 18.2 Å². The van der Waals surface area contributed by atoms with E-state index in [2.05, 4.69) is 5.32 Å². The first-order valence-corrected chi connectivity index (χ1v) is 13.9. The second-order valence-electron chi connectivity index (χ2n) is 8.25. The van der Waals surface area contributed by atoms with Gasteiger partial charge in [-0.15, -0.1) is 0 Å². The van der Waals surface area contributed by atoms with Gasteiger partial charge < -0.3 is 5.32 Å². The largest absolute Gasteiger partial charge is 0.344 e. The van der Waals surface area contributed by atoms with Gasteiger partial charge in [-0.05, 0) is 47.5 Å². The quantitative estimate of drug-likeness (QED) is 0.241. The predicted octanol–water partition coefficient (Wildman–Crippen LogP) is 6.74. The number of sulfonamides is 1. The van der Waals surface area contributed by atoms with Crippen molar-refractivity contribution in [2.24, 2.45) is 0 Å². The molecule has 0 aromatic heterocycles. The molecule has 0 aliphatic rings. The van der Waals surface area contributed by atoms with Gasteiger partial charge in [0, 0.05) is 27.2 Å². The third kappa shape index (κ3) is 6.72. The molecule has 0 radical (unpaired) electrons. The fourth-order valence-electron chi connectivity index (χ4n) is 3.86. The first-order chi connectivity index (χ1) is 17.8. The number of nitrogens with one attached hydrogen (secondary N) is 1. The van der Waals surface area contributed by atoms with Crippen molar-refractivity contribution in [3.8, 4) is 0 Å². The summed E-state index contributed by atoms with van der Waals surface area (Å²) >= 11 is 18.7. The lowest BCUT2D eigenvalue weighted by Gasteiger charge is -2.25. The summed E-state index contributed by atoms with van der Waals surface area (Å²) in [4.78, 5) is 13.4. The molecule has 37 heavy (non-hydrogen) atoms. The van der Waals surface area contributed by atoms with Crippen molar-refractivity contribution >= 4 is 50.7 Å². The van der Waals surface area contributed by atoms with E-state index in [0.29, 0.717) is 20.6 Å². The highest BCUT2D eigenvalue weighted by molar-refractivity contribution is 7.89. The van der Waals surface area contributed by atoms with Crippen LogP contribution in [-0.2, 0) is 21.4 Å². The highest BCUT2D eigenvalue weighted by Gasteiger charge is 2.29. The minimum Gasteiger partial charge on any atom is -0.344 e. The van der Waals surface area contributed by atoms with E-state index in [1.165, 1.54) is 24.3 Å². The Balaban J connectivity index is 1.67. The predicted molar refractivity (Wildman–Crippen MR) is 148 cm³/mol. The lowest BCUT2D eigenvalue weighted by atomic mass is 9.99. The lowest BCUT2D eigenvalue weighted by molar-refractivity contribution is -0.121. The van der Waals surface area contributed by atoms with Crippen LogP contribution in [0.2, 0.25) is 15.1 Å². The van der Waals surface area contributed by atoms with Gasteiger partial charge in [0.15, 0.2) is 0 Å². The molecule has 9 heteroatoms. The molecule has 190 valence electrons. The van der Waals surface area contributed by atoms with Crippen molar-refractivity contribution in [3.05, 3.63) is 135 Å². The zero-order chi connectivity index (χ0) is 26.4. The third-order valence-electron chi connectivity index (χ3n) is 5.74. The summed E-state index contributed by atoms with van der Waals surface area (Å²) in [6.45, 7) is -0.652. The van der Waals surface area contributed by atoms with Crippen molar-refractivity contribution in [3.63, 3.8) is 0 Å². The normalized spacial score (nSPS) is 11.6. The van der Waals surface area contributed by atoms with Crippen LogP contribution < -0.4 is 5.32 Å². The van der Waals surface area contributed by atoms with Crippen molar-refractivity contribution in [1.82, 2.24) is 9.62 Å². The number of hydrogen-bond donors (Lipinski definition) is 1. The van der Waals surface area contributed by atoms with Crippen LogP contribution in [0.5, 0.6) is 0 Å². The van der Waals surface area contributed by atoms with Crippen molar-refractivity contribution in [2.45, 2.75) is 17.5 Å². The monoisotopic (exact) mass is 572 g/mol. The molecular weight excluding hydrogens is 551 g/mol. The Labute approximate surface area is 231 Å². The van der Waals surface area contributed by atoms with Crippen LogP contribution in [0, 0.1) is 0 Å². The highest BCUT2D eigenvalue weighted by Crippen LogP contribution is 2.29. The average Bonchev–Trinajstić information content (AvgIpc) is 2.90. The van der Waals surface area contributed by atoms with E-state index in [0.717, 1.165) is 15.4 Å². The molecule has 4 aromatic rings. The molecule has 0 saturated carbocycles. The molecule has 0 atom stereocenters. The van der Waals surface area contributed by atoms with Gasteiger partial charge in [0.25, 0.3) is 0 Å². The van der Waals surface area contributed by atoms with E-state index in [4.69, 9.17) is 34.8 Å². The van der Waals surface area contributed by atoms with Crippen LogP contribution in [0.1, 0.15) is 22.7 Å². The maximum absolute atomic E-state index is 13.6. The second-order valence-corrected chi connectivity index (χ2v) is 11.4. The number of benzene rings is 4. The first kappa shape index (κ1) is 27.2. The molecule has 0 unspecified atom stereocenters. The first-order valence-electron chi connectivity index (χ1n) is 11.3. The smallest absolute Gasteiger partial charge is 0.243 e. The maximum atomic E-state index is 13.6. The fourth-order valence-corrected chi connectivity index (χ4v) is 5.87. The van der Waals surface area contributed by atoms with Crippen LogP contribution in [0.25, 0.3) is 0 Å². The number of halogens is 3. The zero-order valence-corrected chi connectivity index (χ0v) is 22.6. The number of rotatable bonds is 9. The molecule has 1 amide bonds. The van der Waals surface area contributed by atoms with E-state index in [1.807, 2.05) is 60.7 Å². The van der Waals surface area contributed by atoms with Crippen LogP contribution in [0.4, 0.5) is 0 Å². The van der Waals surface area contributed by atoms with Crippen molar-refractivity contribution < 1.29 is 13.2 Å². The Morgan fingerprint density at radius 2 is 1.24 bits per heavy atom. The molecule has 0 spiro atoms. The SMILES string of the molecule is O=C(CN(Cc1c(Cl)cccc1Cl)S(=O)(=O)c1ccc(Cl)cc1)NC(c1ccccc1)c1ccccc1. The molecule has 0 bridgehead atoms. The highest BCUT2D eigenvalue weighted by atomic mass is 35.5. The molecule has 1 N–H and O–H groups in total. The fraction of sp³-hybridized carbons (Fsp3) is 0.107. The summed E-state index contributed by atoms with van der Waals surface area (Å²) in [5.74, 6) is -0.488. The van der Waals surface area contributed by atoms with Gasteiger partial charge >= 0.3 is 0 Å². The van der Waals surface area contributed by atoms with E-state index >= 15 is 0 Å². The Bertz CT molecular complexity index is 1410. The molecule has 5 nitrogen and oxygen atoms in total. The van der Waals surface area contributed by atoms with Gasteiger partial charge in [-0.2, -0.15) is 4.31 Å². The summed E-state index contributed by atoms with van der Waals surface area (Å²) in [7, 11) is -4.11. The molecule has 0 fully saturated rings. The molecule has 0 aliphatic carbocycles. The van der Waals surface area contributed by atoms with Gasteiger partial charge in [-0.3, -0.25) is 4.79 Å². The summed E-state index contributed by atoms with van der Waals surface area (Å²) in [6.07, 6.45) is 0. The summed E-state index contributed by atoms with van der Waals surface area (Å²) < 4.78 is 28.4. The molecule has 0 heterocycles. The van der Waals surface area contributed by atoms with E-state index < -0.39 is 28.5 Å². The Morgan fingerprint density at radius 3 is 1.76 bits per heavy atom. The molecule has 0 saturated heterocycles. The Morgan fingerprint density at radius 1 is 0.730 bits per heavy atom. The molecule has 0 aliphatic heterocycles. The van der Waals surface area contributed by atoms with Crippen molar-refractivity contribution in [2.75, 3.05) is 6.54 Å². The number of carbonyl (C=O) groups is 1. The second kappa shape index (κ2) is 12.1. The third-order valence-corrected chi connectivity index (χ3v) is 8.50. The number of amides is 1. The van der Waals surface area contributed by atoms with Crippen LogP contribution in [0.3, 0.4) is 0 Å². The van der Waals surface area contributed by atoms with Gasteiger partial charge in [0.05, 0.1) is 17.5 Å². The number of carbonyl (C=O) groups excluding carboxylic acids is 1. The minimum atomic E-state index is -4.11. The van der Waals surface area contributed by atoms with Gasteiger partial charge in [-0.25, -0.2) is 8.42 Å². The van der Waals surface area contributed by atoms with Crippen molar-refractivity contribution in [1.29, 1.82) is 0 Å². The van der Waals surface area contributed by atoms with Crippen LogP contribution in [0.15, 0.2) is 108 Å². The minimum absolute atomic E-state index is 0.00413. The van der Waals surface area contributed by atoms with E-state index in [-0.39, 0.29) is 11.4 Å². The maximum Gasteiger partial charge on any atom is 0.243 e. The lowest BCUT2D eigenvalue weighted by Crippen LogP contribution is -2.41. The molecule has 4 aromatic carbocycles. The zero-order valence-electron chi connectivity index (χ0n) is 19.5. The standard InChI is InChI=1S/C28H23Cl3N2O3S/c29-22-14-16-23(17-15-22)37(35,36)33(18-24-25(30)12-7-13-26(24)31)19-27(34)32-28(20-8-3-1-4-9-20)21-10-5-2-6-11-21/h1-17,28H,18-19H2,(H,32,34). The summed E-state index contributed by atoms with van der Waals surface area (Å²) in [6, 6.07) is 29.1. The summed E-state index contributed by atoms with van der Waals surface area (Å²) in [5, 5.41) is 3.99. The van der Waals surface area contributed by atoms with Gasteiger partial charge in [-0.1, -0.05) is 102 Å². The summed E-state index contributed by atoms with van der Waals surface area (Å²) in [5.41, 5.74) is 2.13. The number of hydrogen-bond acceptors (Lipinski definition) is 3. The Kier molecular flexibility index (Phi) is 8.90. The van der Waals surface area contributed by atoms with Crippen LogP contribution >= 0.6 is 34.8 Å². The topological polar surface area (TPSA) is 66.5 Å². The molecule has 4 rings (SSSR count). The van der Waals surface area contributed by atoms with Crippen LogP contribution in [-0.4, -0.2) is 25.2 Å². The van der Waals surface area contributed by atoms with Gasteiger partial charge in [0.1, 0.15) is 0 Å². The average molecular weight is 574 g/mol. The van der Waals surface area contributed by atoms with E-state index in [9.17, 15) is 13.2 Å². The number of nitrogens with zero attached hydrogens (tertiary/aromatic N) is 1. The van der Waals surface area contributed by atoms with Gasteiger partial charge in [0.2, 0.25) is 15.9 Å². The Hall–Kier alpha value is -2.87.